The summed E-state index contributed by atoms with van der Waals surface area (Å²) >= 11 is 0. The van der Waals surface area contributed by atoms with Gasteiger partial charge in [0.2, 0.25) is 11.8 Å². The van der Waals surface area contributed by atoms with E-state index in [9.17, 15) is 22.4 Å². The van der Waals surface area contributed by atoms with Crippen molar-refractivity contribution in [1.29, 1.82) is 0 Å². The number of amides is 2. The Kier molecular flexibility index (Phi) is 8.74. The van der Waals surface area contributed by atoms with Gasteiger partial charge < -0.3 is 10.2 Å². The van der Waals surface area contributed by atoms with Crippen molar-refractivity contribution in [2.24, 2.45) is 0 Å². The number of nitrogens with zero attached hydrogens (tertiary/aromatic N) is 5. The molecular weight excluding hydrogens is 665 g/mol. The molecule has 5 aromatic rings. The van der Waals surface area contributed by atoms with Crippen LogP contribution in [0.4, 0.5) is 14.5 Å². The second-order valence-corrected chi connectivity index (χ2v) is 14.9. The highest BCUT2D eigenvalue weighted by atomic mass is 32.2. The van der Waals surface area contributed by atoms with Gasteiger partial charge in [-0.25, -0.2) is 27.2 Å². The lowest BCUT2D eigenvalue weighted by molar-refractivity contribution is -0.132. The second-order valence-electron chi connectivity index (χ2n) is 12.6. The van der Waals surface area contributed by atoms with Crippen LogP contribution in [0.3, 0.4) is 0 Å². The minimum absolute atomic E-state index is 0.0209. The van der Waals surface area contributed by atoms with Gasteiger partial charge in [0.05, 0.1) is 17.8 Å². The SMILES string of the molecule is CS(=O)(=O)C1(C(=O)Nc2ccc3[nH]nc(-c4ccc(F)cc4)c3c2)CCN(CC(=O)N2CC=C(c3ccc(-c4ncccn4)cc3F)CC2)C1. The minimum Gasteiger partial charge on any atom is -0.338 e. The third-order valence-corrected chi connectivity index (χ3v) is 11.4. The van der Waals surface area contributed by atoms with Crippen molar-refractivity contribution >= 4 is 43.8 Å². The number of hydrogen-bond donors (Lipinski definition) is 2. The van der Waals surface area contributed by atoms with Crippen molar-refractivity contribution in [2.75, 3.05) is 44.3 Å². The summed E-state index contributed by atoms with van der Waals surface area (Å²) in [6.07, 6.45) is 6.53. The maximum Gasteiger partial charge on any atom is 0.247 e. The minimum atomic E-state index is -3.91. The predicted octanol–water partition coefficient (Wildman–Crippen LogP) is 4.71. The molecule has 0 bridgehead atoms. The molecule has 50 heavy (non-hydrogen) atoms. The Morgan fingerprint density at radius 2 is 1.74 bits per heavy atom. The van der Waals surface area contributed by atoms with E-state index in [2.05, 4.69) is 25.5 Å². The molecule has 1 fully saturated rings. The fraction of sp³-hybridized carbons (Fsp3) is 0.250. The van der Waals surface area contributed by atoms with Crippen molar-refractivity contribution < 1.29 is 26.8 Å². The second kappa shape index (κ2) is 13.2. The van der Waals surface area contributed by atoms with Gasteiger partial charge in [0.15, 0.2) is 20.4 Å². The third-order valence-electron chi connectivity index (χ3n) is 9.43. The number of sulfone groups is 1. The first-order chi connectivity index (χ1) is 24.0. The Balaban J connectivity index is 1.01. The standard InChI is InChI=1S/C36H33F2N7O4S/c1-50(48,49)36(35(47)41-27-8-10-31-29(20-27)33(43-42-31)24-3-6-26(37)7-4-24)13-18-44(22-36)21-32(46)45-16-11-23(12-17-45)28-9-5-25(19-30(28)38)34-39-14-2-15-40-34/h2-11,14-15,19-20H,12-13,16-18,21-22H2,1H3,(H,41,47)(H,42,43). The summed E-state index contributed by atoms with van der Waals surface area (Å²) in [5.41, 5.74) is 4.11. The molecule has 2 amide bonds. The molecule has 0 aliphatic carbocycles. The molecule has 1 unspecified atom stereocenters. The first-order valence-corrected chi connectivity index (χ1v) is 17.9. The van der Waals surface area contributed by atoms with Crippen molar-refractivity contribution in [3.05, 3.63) is 102 Å². The fourth-order valence-corrected chi connectivity index (χ4v) is 7.88. The number of carbonyl (C=O) groups is 2. The summed E-state index contributed by atoms with van der Waals surface area (Å²) < 4.78 is 53.2. The summed E-state index contributed by atoms with van der Waals surface area (Å²) in [5.74, 6) is -1.23. The van der Waals surface area contributed by atoms with E-state index in [0.29, 0.717) is 57.8 Å². The molecule has 14 heteroatoms. The molecule has 2 N–H and O–H groups in total. The predicted molar refractivity (Wildman–Crippen MR) is 185 cm³/mol. The number of nitrogens with one attached hydrogen (secondary N) is 2. The topological polar surface area (TPSA) is 141 Å². The lowest BCUT2D eigenvalue weighted by atomic mass is 9.97. The van der Waals surface area contributed by atoms with Crippen molar-refractivity contribution in [1.82, 2.24) is 30.0 Å². The number of halogens is 2. The lowest BCUT2D eigenvalue weighted by Gasteiger charge is -2.29. The maximum atomic E-state index is 15.1. The van der Waals surface area contributed by atoms with Crippen molar-refractivity contribution in [2.45, 2.75) is 17.6 Å². The highest BCUT2D eigenvalue weighted by molar-refractivity contribution is 7.93. The number of fused-ring (bicyclic) bond motifs is 1. The van der Waals surface area contributed by atoms with Crippen LogP contribution in [0.5, 0.6) is 0 Å². The van der Waals surface area contributed by atoms with Crippen LogP contribution < -0.4 is 5.32 Å². The van der Waals surface area contributed by atoms with Gasteiger partial charge in [0, 0.05) is 72.6 Å². The molecule has 2 aliphatic heterocycles. The molecule has 3 aromatic carbocycles. The lowest BCUT2D eigenvalue weighted by Crippen LogP contribution is -2.52. The molecule has 1 atom stereocenters. The number of H-pyrrole nitrogens is 1. The van der Waals surface area contributed by atoms with Crippen molar-refractivity contribution in [3.8, 4) is 22.6 Å². The maximum absolute atomic E-state index is 15.1. The first kappa shape index (κ1) is 33.2. The Hall–Kier alpha value is -5.34. The average Bonchev–Trinajstić information content (AvgIpc) is 3.74. The number of carbonyl (C=O) groups excluding carboxylic acids is 2. The summed E-state index contributed by atoms with van der Waals surface area (Å²) in [5, 5.41) is 10.7. The van der Waals surface area contributed by atoms with Crippen molar-refractivity contribution in [3.63, 3.8) is 0 Å². The summed E-state index contributed by atoms with van der Waals surface area (Å²) in [6, 6.07) is 17.5. The van der Waals surface area contributed by atoms with Crippen LogP contribution in [-0.4, -0.2) is 93.9 Å². The molecule has 7 rings (SSSR count). The van der Waals surface area contributed by atoms with Gasteiger partial charge >= 0.3 is 0 Å². The van der Waals surface area contributed by atoms with Gasteiger partial charge in [-0.15, -0.1) is 0 Å². The zero-order valence-corrected chi connectivity index (χ0v) is 27.9. The van der Waals surface area contributed by atoms with E-state index in [4.69, 9.17) is 0 Å². The van der Waals surface area contributed by atoms with Crippen LogP contribution in [0, 0.1) is 11.6 Å². The zero-order valence-electron chi connectivity index (χ0n) is 27.1. The van der Waals surface area contributed by atoms with Crippen LogP contribution in [0.15, 0.2) is 85.2 Å². The molecule has 2 aliphatic rings. The number of likely N-dealkylation sites (tertiary alicyclic amines) is 1. The van der Waals surface area contributed by atoms with E-state index < -0.39 is 26.3 Å². The largest absolute Gasteiger partial charge is 0.338 e. The Bertz CT molecular complexity index is 2240. The molecule has 256 valence electrons. The Morgan fingerprint density at radius 1 is 0.980 bits per heavy atom. The van der Waals surface area contributed by atoms with E-state index in [1.165, 1.54) is 18.2 Å². The third kappa shape index (κ3) is 6.39. The number of aromatic amines is 1. The molecule has 2 aromatic heterocycles. The highest BCUT2D eigenvalue weighted by Gasteiger charge is 2.53. The van der Waals surface area contributed by atoms with Gasteiger partial charge in [-0.3, -0.25) is 19.6 Å². The van der Waals surface area contributed by atoms with E-state index in [0.717, 1.165) is 11.8 Å². The van der Waals surface area contributed by atoms with Gasteiger partial charge in [-0.1, -0.05) is 18.2 Å². The number of benzene rings is 3. The van der Waals surface area contributed by atoms with E-state index in [-0.39, 0.29) is 44.3 Å². The summed E-state index contributed by atoms with van der Waals surface area (Å²) in [7, 11) is -3.91. The van der Waals surface area contributed by atoms with E-state index in [1.807, 2.05) is 6.08 Å². The molecule has 0 saturated carbocycles. The van der Waals surface area contributed by atoms with Crippen LogP contribution in [0.2, 0.25) is 0 Å². The Morgan fingerprint density at radius 3 is 2.44 bits per heavy atom. The quantitative estimate of drug-likeness (QED) is 0.238. The highest BCUT2D eigenvalue weighted by Crippen LogP contribution is 2.34. The average molecular weight is 698 g/mol. The van der Waals surface area contributed by atoms with Gasteiger partial charge in [0.25, 0.3) is 0 Å². The van der Waals surface area contributed by atoms with Crippen LogP contribution in [-0.2, 0) is 19.4 Å². The van der Waals surface area contributed by atoms with E-state index >= 15 is 4.39 Å². The number of hydrogen-bond acceptors (Lipinski definition) is 8. The van der Waals surface area contributed by atoms with Gasteiger partial charge in [-0.2, -0.15) is 5.10 Å². The van der Waals surface area contributed by atoms with E-state index in [1.54, 1.807) is 70.7 Å². The number of aromatic nitrogens is 4. The smallest absolute Gasteiger partial charge is 0.247 e. The monoisotopic (exact) mass is 697 g/mol. The van der Waals surface area contributed by atoms with Gasteiger partial charge in [0.1, 0.15) is 11.6 Å². The Labute approximate surface area is 287 Å². The van der Waals surface area contributed by atoms with Crippen LogP contribution in [0.25, 0.3) is 39.1 Å². The summed E-state index contributed by atoms with van der Waals surface area (Å²) in [4.78, 5) is 38.8. The van der Waals surface area contributed by atoms with Crippen LogP contribution >= 0.6 is 0 Å². The molecule has 4 heterocycles. The molecular formula is C36H33F2N7O4S. The molecule has 0 spiro atoms. The van der Waals surface area contributed by atoms with Crippen LogP contribution in [0.1, 0.15) is 18.4 Å². The molecule has 0 radical (unpaired) electrons. The van der Waals surface area contributed by atoms with Gasteiger partial charge in [-0.05, 0) is 73.0 Å². The number of anilines is 1. The number of rotatable bonds is 8. The molecule has 11 nitrogen and oxygen atoms in total. The first-order valence-electron chi connectivity index (χ1n) is 16.0. The fourth-order valence-electron chi connectivity index (χ4n) is 6.61. The normalized spacial score (nSPS) is 18.3. The summed E-state index contributed by atoms with van der Waals surface area (Å²) in [6.45, 7) is 0.680. The zero-order chi connectivity index (χ0) is 35.0. The molecule has 1 saturated heterocycles.